The van der Waals surface area contributed by atoms with Crippen molar-refractivity contribution in [1.29, 1.82) is 0 Å². The van der Waals surface area contributed by atoms with Gasteiger partial charge in [-0.1, -0.05) is 0 Å². The Morgan fingerprint density at radius 2 is 1.96 bits per heavy atom. The molecule has 9 heteroatoms. The third kappa shape index (κ3) is 3.18. The molecule has 1 aromatic carbocycles. The van der Waals surface area contributed by atoms with E-state index in [2.05, 4.69) is 5.32 Å². The summed E-state index contributed by atoms with van der Waals surface area (Å²) < 4.78 is 20.6. The van der Waals surface area contributed by atoms with Crippen LogP contribution in [0, 0.1) is 5.92 Å². The van der Waals surface area contributed by atoms with Crippen LogP contribution in [-0.2, 0) is 23.9 Å². The highest BCUT2D eigenvalue weighted by Crippen LogP contribution is 2.47. The van der Waals surface area contributed by atoms with Crippen LogP contribution < -0.4 is 14.8 Å². The summed E-state index contributed by atoms with van der Waals surface area (Å²) in [7, 11) is 1.47. The molecule has 3 atom stereocenters. The Bertz CT molecular complexity index is 848. The average Bonchev–Trinajstić information content (AvgIpc) is 2.67. The fourth-order valence-corrected chi connectivity index (χ4v) is 3.32. The predicted molar refractivity (Wildman–Crippen MR) is 94.3 cm³/mol. The van der Waals surface area contributed by atoms with Gasteiger partial charge in [-0.3, -0.25) is 4.79 Å². The number of benzene rings is 1. The Labute approximate surface area is 161 Å². The molecular formula is C19H21NO8. The summed E-state index contributed by atoms with van der Waals surface area (Å²) in [6.07, 6.45) is 0.998. The van der Waals surface area contributed by atoms with Crippen molar-refractivity contribution in [3.8, 4) is 11.5 Å². The second-order valence-corrected chi connectivity index (χ2v) is 6.20. The van der Waals surface area contributed by atoms with E-state index < -0.39 is 35.5 Å². The van der Waals surface area contributed by atoms with E-state index in [0.29, 0.717) is 11.3 Å². The largest absolute Gasteiger partial charge is 0.497 e. The van der Waals surface area contributed by atoms with Gasteiger partial charge >= 0.3 is 17.7 Å². The second kappa shape index (κ2) is 7.51. The number of ether oxygens (including phenoxy) is 4. The van der Waals surface area contributed by atoms with Gasteiger partial charge in [0.1, 0.15) is 23.1 Å². The molecule has 28 heavy (non-hydrogen) atoms. The zero-order valence-electron chi connectivity index (χ0n) is 15.7. The minimum atomic E-state index is -2.55. The van der Waals surface area contributed by atoms with E-state index in [1.807, 2.05) is 0 Å². The van der Waals surface area contributed by atoms with Crippen molar-refractivity contribution in [2.45, 2.75) is 25.7 Å². The lowest BCUT2D eigenvalue weighted by Crippen LogP contribution is -2.62. The molecule has 3 unspecified atom stereocenters. The standard InChI is InChI=1S/C19H21NO8/c1-4-26-17(22)12-9-13(21)15-16(20-12)11-8-10(25-3)6-7-14(11)28-19(15,24)18(23)27-5-2/h6-9,15-16,20,24H,4-5H2,1-3H3. The van der Waals surface area contributed by atoms with E-state index in [0.717, 1.165) is 6.08 Å². The molecule has 0 saturated heterocycles. The van der Waals surface area contributed by atoms with Crippen LogP contribution >= 0.6 is 0 Å². The van der Waals surface area contributed by atoms with E-state index in [1.54, 1.807) is 26.0 Å². The number of methoxy groups -OCH3 is 1. The van der Waals surface area contributed by atoms with Crippen LogP contribution in [0.25, 0.3) is 0 Å². The maximum Gasteiger partial charge on any atom is 0.380 e. The lowest BCUT2D eigenvalue weighted by molar-refractivity contribution is -0.223. The number of allylic oxidation sites excluding steroid dienone is 1. The summed E-state index contributed by atoms with van der Waals surface area (Å²) in [4.78, 5) is 37.4. The first kappa shape index (κ1) is 19.7. The number of esters is 2. The Hall–Kier alpha value is -3.07. The van der Waals surface area contributed by atoms with Crippen molar-refractivity contribution in [1.82, 2.24) is 5.32 Å². The van der Waals surface area contributed by atoms with Crippen LogP contribution in [0.3, 0.4) is 0 Å². The highest BCUT2D eigenvalue weighted by Gasteiger charge is 2.60. The van der Waals surface area contributed by atoms with E-state index in [9.17, 15) is 19.5 Å². The number of rotatable bonds is 5. The molecule has 0 aromatic heterocycles. The third-order valence-electron chi connectivity index (χ3n) is 4.54. The van der Waals surface area contributed by atoms with E-state index in [1.165, 1.54) is 13.2 Å². The van der Waals surface area contributed by atoms with Crippen molar-refractivity contribution in [3.63, 3.8) is 0 Å². The minimum Gasteiger partial charge on any atom is -0.497 e. The van der Waals surface area contributed by atoms with Crippen molar-refractivity contribution in [2.24, 2.45) is 5.92 Å². The molecule has 2 heterocycles. The van der Waals surface area contributed by atoms with Gasteiger partial charge in [0.05, 0.1) is 26.4 Å². The molecule has 0 radical (unpaired) electrons. The van der Waals surface area contributed by atoms with E-state index in [4.69, 9.17) is 18.9 Å². The number of carbonyl (C=O) groups is 3. The highest BCUT2D eigenvalue weighted by atomic mass is 16.7. The Balaban J connectivity index is 2.12. The quantitative estimate of drug-likeness (QED) is 0.696. The summed E-state index contributed by atoms with van der Waals surface area (Å²) in [6.45, 7) is 3.32. The molecule has 0 aliphatic carbocycles. The number of hydrogen-bond donors (Lipinski definition) is 2. The van der Waals surface area contributed by atoms with Gasteiger partial charge in [0, 0.05) is 11.6 Å². The van der Waals surface area contributed by atoms with Gasteiger partial charge in [0.15, 0.2) is 5.78 Å². The SMILES string of the molecule is CCOC(=O)C1=CC(=O)C2C(N1)c1cc(OC)ccc1OC2(O)C(=O)OCC. The smallest absolute Gasteiger partial charge is 0.380 e. The zero-order valence-corrected chi connectivity index (χ0v) is 15.7. The van der Waals surface area contributed by atoms with Crippen LogP contribution in [-0.4, -0.2) is 48.9 Å². The van der Waals surface area contributed by atoms with Gasteiger partial charge in [0.25, 0.3) is 0 Å². The van der Waals surface area contributed by atoms with Crippen molar-refractivity contribution in [3.05, 3.63) is 35.5 Å². The first-order chi connectivity index (χ1) is 13.3. The molecule has 0 spiro atoms. The number of aliphatic hydroxyl groups is 1. The molecule has 0 amide bonds. The maximum atomic E-state index is 12.8. The molecule has 1 aromatic rings. The average molecular weight is 391 g/mol. The highest BCUT2D eigenvalue weighted by molar-refractivity contribution is 6.04. The molecule has 0 bridgehead atoms. The van der Waals surface area contributed by atoms with Gasteiger partial charge < -0.3 is 29.4 Å². The topological polar surface area (TPSA) is 120 Å². The summed E-state index contributed by atoms with van der Waals surface area (Å²) >= 11 is 0. The van der Waals surface area contributed by atoms with Crippen molar-refractivity contribution < 1.29 is 38.4 Å². The normalized spacial score (nSPS) is 25.3. The number of ketones is 1. The van der Waals surface area contributed by atoms with Crippen LogP contribution in [0.15, 0.2) is 30.0 Å². The van der Waals surface area contributed by atoms with Gasteiger partial charge in [-0.2, -0.15) is 0 Å². The molecule has 0 saturated carbocycles. The zero-order chi connectivity index (χ0) is 20.5. The lowest BCUT2D eigenvalue weighted by Gasteiger charge is -2.44. The summed E-state index contributed by atoms with van der Waals surface area (Å²) in [5.74, 6) is -5.77. The summed E-state index contributed by atoms with van der Waals surface area (Å²) in [6, 6.07) is 3.75. The second-order valence-electron chi connectivity index (χ2n) is 6.20. The van der Waals surface area contributed by atoms with Crippen LogP contribution in [0.2, 0.25) is 0 Å². The Morgan fingerprint density at radius 1 is 1.25 bits per heavy atom. The first-order valence-corrected chi connectivity index (χ1v) is 8.81. The van der Waals surface area contributed by atoms with Crippen LogP contribution in [0.4, 0.5) is 0 Å². The van der Waals surface area contributed by atoms with E-state index in [-0.39, 0.29) is 24.7 Å². The molecule has 150 valence electrons. The fraction of sp³-hybridized carbons (Fsp3) is 0.421. The van der Waals surface area contributed by atoms with Gasteiger partial charge in [0.2, 0.25) is 0 Å². The monoisotopic (exact) mass is 391 g/mol. The number of carbonyl (C=O) groups excluding carboxylic acids is 3. The summed E-state index contributed by atoms with van der Waals surface area (Å²) in [5, 5.41) is 13.9. The number of fused-ring (bicyclic) bond motifs is 3. The molecular weight excluding hydrogens is 370 g/mol. The van der Waals surface area contributed by atoms with Crippen LogP contribution in [0.5, 0.6) is 11.5 Å². The van der Waals surface area contributed by atoms with Crippen LogP contribution in [0.1, 0.15) is 25.5 Å². The number of nitrogens with one attached hydrogen (secondary N) is 1. The van der Waals surface area contributed by atoms with E-state index >= 15 is 0 Å². The molecule has 2 N–H and O–H groups in total. The maximum absolute atomic E-state index is 12.8. The summed E-state index contributed by atoms with van der Waals surface area (Å²) in [5.41, 5.74) is 0.372. The number of hydrogen-bond acceptors (Lipinski definition) is 9. The predicted octanol–water partition coefficient (Wildman–Crippen LogP) is 0.616. The van der Waals surface area contributed by atoms with Gasteiger partial charge in [-0.25, -0.2) is 9.59 Å². The molecule has 9 nitrogen and oxygen atoms in total. The third-order valence-corrected chi connectivity index (χ3v) is 4.54. The first-order valence-electron chi connectivity index (χ1n) is 8.81. The molecule has 0 fully saturated rings. The lowest BCUT2D eigenvalue weighted by atomic mass is 9.77. The van der Waals surface area contributed by atoms with Gasteiger partial charge in [-0.05, 0) is 32.0 Å². The molecule has 2 aliphatic rings. The van der Waals surface area contributed by atoms with Gasteiger partial charge in [-0.15, -0.1) is 0 Å². The Morgan fingerprint density at radius 3 is 2.61 bits per heavy atom. The van der Waals surface area contributed by atoms with Crippen molar-refractivity contribution in [2.75, 3.05) is 20.3 Å². The minimum absolute atomic E-state index is 0.0110. The Kier molecular flexibility index (Phi) is 5.28. The van der Waals surface area contributed by atoms with Crippen molar-refractivity contribution >= 4 is 17.7 Å². The molecule has 2 aliphatic heterocycles. The molecule has 3 rings (SSSR count). The fourth-order valence-electron chi connectivity index (χ4n) is 3.32.